The van der Waals surface area contributed by atoms with Crippen LogP contribution in [0.2, 0.25) is 0 Å². The topological polar surface area (TPSA) is 89.6 Å². The van der Waals surface area contributed by atoms with Crippen LogP contribution in [0, 0.1) is 62.6 Å². The Kier molecular flexibility index (Phi) is 7.21. The molecule has 3 N–H and O–H groups in total. The number of hydrogen-bond acceptors (Lipinski definition) is 4. The molecule has 0 aromatic carbocycles. The first kappa shape index (κ1) is 30.1. The fraction of sp³-hybridized carbons (Fsp3) is 0.886. The van der Waals surface area contributed by atoms with Crippen molar-refractivity contribution in [3.8, 4) is 0 Å². The van der Waals surface area contributed by atoms with E-state index in [1.165, 1.54) is 5.57 Å². The Hall–Kier alpha value is -1.36. The minimum atomic E-state index is -0.595. The Balaban J connectivity index is 1.49. The molecule has 5 rings (SSSR count). The molecule has 5 heteroatoms. The number of aliphatic carboxylic acids is 1. The summed E-state index contributed by atoms with van der Waals surface area (Å²) in [7, 11) is 0. The van der Waals surface area contributed by atoms with Crippen LogP contribution in [0.25, 0.3) is 0 Å². The SMILES string of the molecule is CC(C)[C@@H](N)C(=O)O[C@H]1CC[C@]2(C)[C@H]3CC=C4[C@@H]5[C@@H](C)[C@H](C)CC[C@]5(C(=O)O)CC[C@@]4(C)[C@]3(C)CC[C@H]2C1(C)C. The third kappa shape index (κ3) is 3.87. The number of esters is 1. The molecule has 0 aliphatic heterocycles. The average Bonchev–Trinajstić information content (AvgIpc) is 2.87. The fourth-order valence-corrected chi connectivity index (χ4v) is 11.5. The van der Waals surface area contributed by atoms with E-state index in [-0.39, 0.29) is 45.6 Å². The summed E-state index contributed by atoms with van der Waals surface area (Å²) in [5.74, 6) is 1.35. The highest BCUT2D eigenvalue weighted by atomic mass is 16.5. The van der Waals surface area contributed by atoms with Gasteiger partial charge in [0.1, 0.15) is 12.1 Å². The molecular formula is C35H57NO4. The van der Waals surface area contributed by atoms with Gasteiger partial charge in [-0.05, 0) is 110 Å². The Morgan fingerprint density at radius 3 is 2.25 bits per heavy atom. The van der Waals surface area contributed by atoms with Crippen LogP contribution in [0.5, 0.6) is 0 Å². The summed E-state index contributed by atoms with van der Waals surface area (Å²) in [5, 5.41) is 10.6. The van der Waals surface area contributed by atoms with Crippen LogP contribution in [-0.2, 0) is 14.3 Å². The molecule has 0 aromatic heterocycles. The van der Waals surface area contributed by atoms with Gasteiger partial charge in [0, 0.05) is 5.41 Å². The third-order valence-electron chi connectivity index (χ3n) is 14.6. The van der Waals surface area contributed by atoms with E-state index in [1.807, 2.05) is 13.8 Å². The molecule has 226 valence electrons. The number of carbonyl (C=O) groups is 2. The number of rotatable bonds is 4. The molecular weight excluding hydrogens is 498 g/mol. The number of allylic oxidation sites excluding steroid dienone is 2. The molecule has 0 radical (unpaired) electrons. The number of hydrogen-bond donors (Lipinski definition) is 2. The van der Waals surface area contributed by atoms with Crippen molar-refractivity contribution >= 4 is 11.9 Å². The van der Waals surface area contributed by atoms with Crippen molar-refractivity contribution in [3.05, 3.63) is 11.6 Å². The zero-order valence-electron chi connectivity index (χ0n) is 26.8. The van der Waals surface area contributed by atoms with Gasteiger partial charge in [-0.2, -0.15) is 0 Å². The van der Waals surface area contributed by atoms with Crippen LogP contribution < -0.4 is 5.73 Å². The van der Waals surface area contributed by atoms with Gasteiger partial charge < -0.3 is 15.6 Å². The fourth-order valence-electron chi connectivity index (χ4n) is 11.5. The van der Waals surface area contributed by atoms with E-state index in [0.29, 0.717) is 23.7 Å². The van der Waals surface area contributed by atoms with E-state index in [2.05, 4.69) is 54.5 Å². The monoisotopic (exact) mass is 555 g/mol. The second-order valence-electron chi connectivity index (χ2n) is 16.7. The molecule has 5 aliphatic carbocycles. The van der Waals surface area contributed by atoms with Gasteiger partial charge in [0.25, 0.3) is 0 Å². The van der Waals surface area contributed by atoms with Crippen LogP contribution >= 0.6 is 0 Å². The number of ether oxygens (including phenoxy) is 1. The molecule has 40 heavy (non-hydrogen) atoms. The summed E-state index contributed by atoms with van der Waals surface area (Å²) < 4.78 is 6.17. The maximum atomic E-state index is 12.9. The predicted molar refractivity (Wildman–Crippen MR) is 159 cm³/mol. The lowest BCUT2D eigenvalue weighted by atomic mass is 9.33. The van der Waals surface area contributed by atoms with Crippen molar-refractivity contribution in [1.82, 2.24) is 0 Å². The number of carboxylic acids is 1. The lowest BCUT2D eigenvalue weighted by Crippen LogP contribution is -2.65. The second-order valence-corrected chi connectivity index (χ2v) is 16.7. The van der Waals surface area contributed by atoms with E-state index in [4.69, 9.17) is 10.5 Å². The number of fused-ring (bicyclic) bond motifs is 7. The van der Waals surface area contributed by atoms with Crippen molar-refractivity contribution in [3.63, 3.8) is 0 Å². The first-order valence-electron chi connectivity index (χ1n) is 16.4. The number of nitrogens with two attached hydrogens (primary N) is 1. The van der Waals surface area contributed by atoms with Gasteiger partial charge in [-0.25, -0.2) is 0 Å². The number of carbonyl (C=O) groups excluding carboxylic acids is 1. The van der Waals surface area contributed by atoms with Gasteiger partial charge in [-0.15, -0.1) is 0 Å². The lowest BCUT2D eigenvalue weighted by molar-refractivity contribution is -0.215. The molecule has 0 heterocycles. The highest BCUT2D eigenvalue weighted by molar-refractivity contribution is 5.77. The van der Waals surface area contributed by atoms with Crippen molar-refractivity contribution in [2.45, 2.75) is 132 Å². The number of carboxylic acid groups (broad SMARTS) is 1. The van der Waals surface area contributed by atoms with Crippen molar-refractivity contribution in [2.75, 3.05) is 0 Å². The van der Waals surface area contributed by atoms with Gasteiger partial charge in [0.05, 0.1) is 5.41 Å². The van der Waals surface area contributed by atoms with Crippen LogP contribution in [0.3, 0.4) is 0 Å². The first-order chi connectivity index (χ1) is 18.5. The maximum Gasteiger partial charge on any atom is 0.323 e. The molecule has 0 bridgehead atoms. The van der Waals surface area contributed by atoms with Gasteiger partial charge in [-0.1, -0.05) is 74.0 Å². The summed E-state index contributed by atoms with van der Waals surface area (Å²) in [4.78, 5) is 25.8. The van der Waals surface area contributed by atoms with Crippen LogP contribution in [-0.4, -0.2) is 29.2 Å². The summed E-state index contributed by atoms with van der Waals surface area (Å²) >= 11 is 0. The zero-order valence-corrected chi connectivity index (χ0v) is 26.8. The van der Waals surface area contributed by atoms with Gasteiger partial charge in [-0.3, -0.25) is 9.59 Å². The molecule has 0 aromatic rings. The lowest BCUT2D eigenvalue weighted by Gasteiger charge is -2.71. The minimum Gasteiger partial charge on any atom is -0.481 e. The molecule has 11 atom stereocenters. The Morgan fingerprint density at radius 2 is 1.62 bits per heavy atom. The van der Waals surface area contributed by atoms with Crippen molar-refractivity contribution in [2.24, 2.45) is 68.3 Å². The second kappa shape index (κ2) is 9.58. The van der Waals surface area contributed by atoms with Crippen molar-refractivity contribution in [1.29, 1.82) is 0 Å². The molecule has 4 fully saturated rings. The van der Waals surface area contributed by atoms with Crippen LogP contribution in [0.1, 0.15) is 120 Å². The Labute approximate surface area is 243 Å². The molecule has 0 saturated heterocycles. The largest absolute Gasteiger partial charge is 0.481 e. The van der Waals surface area contributed by atoms with E-state index < -0.39 is 17.4 Å². The molecule has 4 saturated carbocycles. The predicted octanol–water partition coefficient (Wildman–Crippen LogP) is 7.62. The molecule has 0 unspecified atom stereocenters. The Bertz CT molecular complexity index is 1080. The van der Waals surface area contributed by atoms with E-state index >= 15 is 0 Å². The summed E-state index contributed by atoms with van der Waals surface area (Å²) in [6.45, 7) is 20.9. The summed E-state index contributed by atoms with van der Waals surface area (Å²) in [6.07, 6.45) is 11.3. The van der Waals surface area contributed by atoms with Crippen LogP contribution in [0.4, 0.5) is 0 Å². The molecule has 5 nitrogen and oxygen atoms in total. The van der Waals surface area contributed by atoms with E-state index in [0.717, 1.165) is 57.8 Å². The van der Waals surface area contributed by atoms with Gasteiger partial charge in [0.2, 0.25) is 0 Å². The summed E-state index contributed by atoms with van der Waals surface area (Å²) in [6, 6.07) is -0.574. The highest BCUT2D eigenvalue weighted by Gasteiger charge is 2.69. The van der Waals surface area contributed by atoms with E-state index in [1.54, 1.807) is 0 Å². The van der Waals surface area contributed by atoms with Crippen molar-refractivity contribution < 1.29 is 19.4 Å². The van der Waals surface area contributed by atoms with Gasteiger partial charge in [0.15, 0.2) is 0 Å². The first-order valence-corrected chi connectivity index (χ1v) is 16.4. The quantitative estimate of drug-likeness (QED) is 0.275. The van der Waals surface area contributed by atoms with E-state index in [9.17, 15) is 14.7 Å². The summed E-state index contributed by atoms with van der Waals surface area (Å²) in [5.41, 5.74) is 7.26. The standard InChI is InChI=1S/C35H57NO4/c1-20(2)28(36)29(37)40-26-14-15-32(7)24(31(26,5)6)13-16-34(9)25(32)11-10-23-27-22(4)21(3)12-17-35(27,30(38)39)19-18-33(23,34)8/h10,20-22,24-28H,11-19,36H2,1-9H3,(H,38,39)/t21-,22+,24+,25-,26+,27+,28-,32+,33-,34-,35+/m1/s1. The smallest absolute Gasteiger partial charge is 0.323 e. The maximum absolute atomic E-state index is 12.9. The molecule has 5 aliphatic rings. The Morgan fingerprint density at radius 1 is 0.950 bits per heavy atom. The highest BCUT2D eigenvalue weighted by Crippen LogP contribution is 2.75. The normalized spacial score (nSPS) is 48.5. The third-order valence-corrected chi connectivity index (χ3v) is 14.6. The van der Waals surface area contributed by atoms with Gasteiger partial charge >= 0.3 is 11.9 Å². The zero-order chi connectivity index (χ0) is 29.6. The van der Waals surface area contributed by atoms with Crippen LogP contribution in [0.15, 0.2) is 11.6 Å². The molecule has 0 spiro atoms. The average molecular weight is 556 g/mol. The molecule has 0 amide bonds. The minimum absolute atomic E-state index is 0.0241.